The van der Waals surface area contributed by atoms with Gasteiger partial charge in [-0.25, -0.2) is 9.38 Å². The molecule has 0 atom stereocenters. The highest BCUT2D eigenvalue weighted by atomic mass is 79.9. The highest BCUT2D eigenvalue weighted by Gasteiger charge is 2.19. The lowest BCUT2D eigenvalue weighted by Gasteiger charge is -2.04. The molecule has 140 valence electrons. The van der Waals surface area contributed by atoms with Gasteiger partial charge in [0.1, 0.15) is 0 Å². The second-order valence-corrected chi connectivity index (χ2v) is 8.55. The molecule has 0 spiro atoms. The van der Waals surface area contributed by atoms with Crippen molar-refractivity contribution in [1.82, 2.24) is 9.38 Å². The maximum absolute atomic E-state index is 13.3. The van der Waals surface area contributed by atoms with E-state index >= 15 is 0 Å². The average molecular weight is 459 g/mol. The summed E-state index contributed by atoms with van der Waals surface area (Å²) in [6.07, 6.45) is 1.92. The van der Waals surface area contributed by atoms with E-state index in [1.165, 1.54) is 11.3 Å². The molecule has 0 aliphatic rings. The molecule has 0 saturated carbocycles. The monoisotopic (exact) mass is 458 g/mol. The van der Waals surface area contributed by atoms with Crippen molar-refractivity contribution in [3.05, 3.63) is 110 Å². The Morgan fingerprint density at radius 2 is 1.45 bits per heavy atom. The first-order chi connectivity index (χ1) is 14.2. The van der Waals surface area contributed by atoms with Crippen LogP contribution in [0, 0.1) is 0 Å². The van der Waals surface area contributed by atoms with Crippen LogP contribution in [0.4, 0.5) is 0 Å². The lowest BCUT2D eigenvalue weighted by Crippen LogP contribution is -2.23. The van der Waals surface area contributed by atoms with Gasteiger partial charge in [0.2, 0.25) is 0 Å². The number of thiazole rings is 1. The molecular formula is C24H15BrN2OS. The van der Waals surface area contributed by atoms with E-state index in [1.807, 2.05) is 91.0 Å². The molecular weight excluding hydrogens is 444 g/mol. The molecule has 2 heterocycles. The van der Waals surface area contributed by atoms with Gasteiger partial charge in [-0.2, -0.15) is 0 Å². The Bertz CT molecular complexity index is 1410. The van der Waals surface area contributed by atoms with E-state index in [4.69, 9.17) is 4.98 Å². The molecule has 0 unspecified atom stereocenters. The number of benzene rings is 3. The fourth-order valence-electron chi connectivity index (χ4n) is 3.37. The van der Waals surface area contributed by atoms with Crippen molar-refractivity contribution < 1.29 is 0 Å². The molecule has 0 aliphatic carbocycles. The van der Waals surface area contributed by atoms with Crippen LogP contribution in [0.5, 0.6) is 0 Å². The quantitative estimate of drug-likeness (QED) is 0.362. The van der Waals surface area contributed by atoms with Gasteiger partial charge in [0, 0.05) is 15.6 Å². The lowest BCUT2D eigenvalue weighted by molar-refractivity contribution is 1.15. The van der Waals surface area contributed by atoms with Crippen LogP contribution in [0.2, 0.25) is 0 Å². The van der Waals surface area contributed by atoms with Gasteiger partial charge in [-0.1, -0.05) is 100 Å². The Morgan fingerprint density at radius 3 is 2.10 bits per heavy atom. The molecule has 0 fully saturated rings. The largest absolute Gasteiger partial charge is 0.274 e. The van der Waals surface area contributed by atoms with Crippen molar-refractivity contribution >= 4 is 38.3 Å². The summed E-state index contributed by atoms with van der Waals surface area (Å²) < 4.78 is 3.43. The van der Waals surface area contributed by atoms with Crippen LogP contribution < -0.4 is 10.1 Å². The first-order valence-electron chi connectivity index (χ1n) is 9.14. The minimum Gasteiger partial charge on any atom is -0.267 e. The summed E-state index contributed by atoms with van der Waals surface area (Å²) >= 11 is 4.87. The van der Waals surface area contributed by atoms with Crippen molar-refractivity contribution in [2.24, 2.45) is 0 Å². The standard InChI is InChI=1S/C24H15BrN2OS/c25-19-13-11-16(12-14-19)15-20-23(28)27-22(18-9-5-2-6-10-18)21(26-24(27)29-20)17-7-3-1-4-8-17/h1-15H/b20-15-. The second-order valence-electron chi connectivity index (χ2n) is 6.63. The Hall–Kier alpha value is -3.02. The van der Waals surface area contributed by atoms with Crippen LogP contribution in [-0.2, 0) is 0 Å². The van der Waals surface area contributed by atoms with Crippen LogP contribution in [0.25, 0.3) is 33.6 Å². The highest BCUT2D eigenvalue weighted by molar-refractivity contribution is 9.10. The number of halogens is 1. The maximum atomic E-state index is 13.3. The number of nitrogens with zero attached hydrogens (tertiary/aromatic N) is 2. The lowest BCUT2D eigenvalue weighted by atomic mass is 10.1. The predicted octanol–water partition coefficient (Wildman–Crippen LogP) is 5.40. The topological polar surface area (TPSA) is 34.4 Å². The number of imidazole rings is 1. The zero-order valence-corrected chi connectivity index (χ0v) is 17.7. The molecule has 0 N–H and O–H groups in total. The van der Waals surface area contributed by atoms with E-state index in [2.05, 4.69) is 15.9 Å². The van der Waals surface area contributed by atoms with Gasteiger partial charge in [-0.3, -0.25) is 4.79 Å². The van der Waals surface area contributed by atoms with Gasteiger partial charge >= 0.3 is 0 Å². The first-order valence-corrected chi connectivity index (χ1v) is 10.7. The molecule has 29 heavy (non-hydrogen) atoms. The Morgan fingerprint density at radius 1 is 0.828 bits per heavy atom. The third kappa shape index (κ3) is 3.33. The minimum absolute atomic E-state index is 0.0403. The van der Waals surface area contributed by atoms with E-state index in [1.54, 1.807) is 4.40 Å². The van der Waals surface area contributed by atoms with Gasteiger partial charge in [-0.05, 0) is 23.8 Å². The fourth-order valence-corrected chi connectivity index (χ4v) is 4.61. The molecule has 0 radical (unpaired) electrons. The third-order valence-corrected chi connectivity index (χ3v) is 6.22. The van der Waals surface area contributed by atoms with Gasteiger partial charge in [0.15, 0.2) is 4.96 Å². The summed E-state index contributed by atoms with van der Waals surface area (Å²) in [5.41, 5.74) is 4.59. The predicted molar refractivity (Wildman–Crippen MR) is 123 cm³/mol. The van der Waals surface area contributed by atoms with Crippen LogP contribution in [-0.4, -0.2) is 9.38 Å². The fraction of sp³-hybridized carbons (Fsp3) is 0. The SMILES string of the molecule is O=c1/c(=C/c2ccc(Br)cc2)sc2nc(-c3ccccc3)c(-c3ccccc3)n12. The molecule has 0 bridgehead atoms. The molecule has 2 aromatic heterocycles. The molecule has 0 aliphatic heterocycles. The van der Waals surface area contributed by atoms with E-state index in [0.29, 0.717) is 9.49 Å². The van der Waals surface area contributed by atoms with E-state index in [-0.39, 0.29) is 5.56 Å². The number of rotatable bonds is 3. The number of hydrogen-bond donors (Lipinski definition) is 0. The zero-order chi connectivity index (χ0) is 19.8. The zero-order valence-electron chi connectivity index (χ0n) is 15.2. The van der Waals surface area contributed by atoms with Crippen LogP contribution in [0.15, 0.2) is 94.2 Å². The summed E-state index contributed by atoms with van der Waals surface area (Å²) in [7, 11) is 0. The molecule has 3 nitrogen and oxygen atoms in total. The van der Waals surface area contributed by atoms with Crippen LogP contribution in [0.1, 0.15) is 5.56 Å². The Balaban J connectivity index is 1.79. The summed E-state index contributed by atoms with van der Waals surface area (Å²) in [5.74, 6) is 0. The molecule has 0 amide bonds. The number of fused-ring (bicyclic) bond motifs is 1. The van der Waals surface area contributed by atoms with Crippen molar-refractivity contribution in [3.8, 4) is 22.5 Å². The van der Waals surface area contributed by atoms with Crippen molar-refractivity contribution in [1.29, 1.82) is 0 Å². The summed E-state index contributed by atoms with van der Waals surface area (Å²) in [4.78, 5) is 18.9. The van der Waals surface area contributed by atoms with Gasteiger partial charge in [-0.15, -0.1) is 0 Å². The molecule has 5 aromatic rings. The average Bonchev–Trinajstić information content (AvgIpc) is 3.28. The Kier molecular flexibility index (Phi) is 4.62. The van der Waals surface area contributed by atoms with E-state index in [9.17, 15) is 4.79 Å². The van der Waals surface area contributed by atoms with Crippen molar-refractivity contribution in [2.45, 2.75) is 0 Å². The van der Waals surface area contributed by atoms with Gasteiger partial charge in [0.05, 0.1) is 15.9 Å². The smallest absolute Gasteiger partial charge is 0.267 e. The molecule has 0 saturated heterocycles. The normalized spacial score (nSPS) is 12.0. The van der Waals surface area contributed by atoms with Crippen LogP contribution in [0.3, 0.4) is 0 Å². The van der Waals surface area contributed by atoms with E-state index < -0.39 is 0 Å². The highest BCUT2D eigenvalue weighted by Crippen LogP contribution is 2.32. The number of hydrogen-bond acceptors (Lipinski definition) is 3. The van der Waals surface area contributed by atoms with Crippen molar-refractivity contribution in [2.75, 3.05) is 0 Å². The molecule has 5 heteroatoms. The summed E-state index contributed by atoms with van der Waals surface area (Å²) in [6, 6.07) is 27.9. The van der Waals surface area contributed by atoms with E-state index in [0.717, 1.165) is 32.6 Å². The second kappa shape index (κ2) is 7.43. The maximum Gasteiger partial charge on any atom is 0.274 e. The Labute approximate surface area is 179 Å². The minimum atomic E-state index is -0.0403. The van der Waals surface area contributed by atoms with Gasteiger partial charge < -0.3 is 0 Å². The van der Waals surface area contributed by atoms with Crippen LogP contribution >= 0.6 is 27.3 Å². The molecule has 5 rings (SSSR count). The first kappa shape index (κ1) is 18.0. The molecule has 3 aromatic carbocycles. The summed E-state index contributed by atoms with van der Waals surface area (Å²) in [6.45, 7) is 0. The third-order valence-electron chi connectivity index (χ3n) is 4.72. The van der Waals surface area contributed by atoms with Gasteiger partial charge in [0.25, 0.3) is 5.56 Å². The van der Waals surface area contributed by atoms with Crippen molar-refractivity contribution in [3.63, 3.8) is 0 Å². The number of aromatic nitrogens is 2. The summed E-state index contributed by atoms with van der Waals surface area (Å²) in [5, 5.41) is 0.